The summed E-state index contributed by atoms with van der Waals surface area (Å²) < 4.78 is 5.28. The fourth-order valence-corrected chi connectivity index (χ4v) is 2.64. The third kappa shape index (κ3) is 2.51. The zero-order valence-corrected chi connectivity index (χ0v) is 12.3. The van der Waals surface area contributed by atoms with E-state index in [-0.39, 0.29) is 11.9 Å². The zero-order chi connectivity index (χ0) is 15.7. The minimum absolute atomic E-state index is 0.144. The maximum absolute atomic E-state index is 11.5. The first-order valence-corrected chi connectivity index (χ1v) is 6.97. The molecule has 3 aromatic carbocycles. The Bertz CT molecular complexity index is 899. The van der Waals surface area contributed by atoms with E-state index in [4.69, 9.17) is 4.74 Å². The van der Waals surface area contributed by atoms with Crippen LogP contribution in [0.5, 0.6) is 5.75 Å². The van der Waals surface area contributed by atoms with E-state index in [1.807, 2.05) is 36.4 Å². The van der Waals surface area contributed by atoms with Gasteiger partial charge in [0.2, 0.25) is 5.91 Å². The van der Waals surface area contributed by atoms with Gasteiger partial charge in [0.25, 0.3) is 0 Å². The van der Waals surface area contributed by atoms with Crippen molar-refractivity contribution in [1.29, 1.82) is 0 Å². The number of amides is 1. The van der Waals surface area contributed by atoms with Crippen LogP contribution in [-0.2, 0) is 9.59 Å². The summed E-state index contributed by atoms with van der Waals surface area (Å²) in [5.41, 5.74) is 0.704. The highest BCUT2D eigenvalue weighted by atomic mass is 16.5. The molecular weight excluding hydrogens is 278 g/mol. The predicted octanol–water partition coefficient (Wildman–Crippen LogP) is 3.88. The van der Waals surface area contributed by atoms with Gasteiger partial charge in [-0.25, -0.2) is 0 Å². The quantitative estimate of drug-likeness (QED) is 0.443. The molecule has 0 aliphatic carbocycles. The highest BCUT2D eigenvalue weighted by Gasteiger charge is 2.12. The molecule has 0 aliphatic rings. The maximum atomic E-state index is 11.5. The van der Waals surface area contributed by atoms with Gasteiger partial charge in [0.05, 0.1) is 0 Å². The maximum Gasteiger partial charge on any atom is 0.308 e. The summed E-state index contributed by atoms with van der Waals surface area (Å²) in [4.78, 5) is 22.8. The van der Waals surface area contributed by atoms with Crippen molar-refractivity contribution in [2.24, 2.45) is 0 Å². The molecule has 4 heteroatoms. The van der Waals surface area contributed by atoms with Crippen LogP contribution in [0, 0.1) is 0 Å². The van der Waals surface area contributed by atoms with Crippen LogP contribution < -0.4 is 10.1 Å². The Morgan fingerprint density at radius 1 is 0.909 bits per heavy atom. The molecule has 0 bridgehead atoms. The molecule has 0 radical (unpaired) electrons. The van der Waals surface area contributed by atoms with Crippen molar-refractivity contribution in [2.75, 3.05) is 5.32 Å². The van der Waals surface area contributed by atoms with Crippen molar-refractivity contribution in [1.82, 2.24) is 0 Å². The van der Waals surface area contributed by atoms with Crippen LogP contribution in [0.3, 0.4) is 0 Å². The summed E-state index contributed by atoms with van der Waals surface area (Å²) in [6.45, 7) is 2.84. The topological polar surface area (TPSA) is 55.4 Å². The van der Waals surface area contributed by atoms with Gasteiger partial charge < -0.3 is 10.1 Å². The average Bonchev–Trinajstić information content (AvgIpc) is 2.48. The van der Waals surface area contributed by atoms with E-state index >= 15 is 0 Å². The molecule has 4 nitrogen and oxygen atoms in total. The van der Waals surface area contributed by atoms with Gasteiger partial charge in [-0.15, -0.1) is 0 Å². The monoisotopic (exact) mass is 293 g/mol. The Morgan fingerprint density at radius 2 is 1.68 bits per heavy atom. The SMILES string of the molecule is CC(=O)Nc1ccc(OC(C)=O)c2ccc3ccccc3c12. The van der Waals surface area contributed by atoms with Gasteiger partial charge in [-0.05, 0) is 29.0 Å². The second kappa shape index (κ2) is 5.48. The smallest absolute Gasteiger partial charge is 0.308 e. The van der Waals surface area contributed by atoms with Crippen LogP contribution in [-0.4, -0.2) is 11.9 Å². The van der Waals surface area contributed by atoms with Gasteiger partial charge in [-0.2, -0.15) is 0 Å². The second-order valence-corrected chi connectivity index (χ2v) is 5.10. The van der Waals surface area contributed by atoms with Crippen molar-refractivity contribution in [3.8, 4) is 5.75 Å². The molecule has 0 heterocycles. The molecule has 22 heavy (non-hydrogen) atoms. The number of carbonyl (C=O) groups excluding carboxylic acids is 2. The lowest BCUT2D eigenvalue weighted by Crippen LogP contribution is -2.07. The molecule has 1 amide bonds. The fourth-order valence-electron chi connectivity index (χ4n) is 2.64. The molecule has 1 N–H and O–H groups in total. The molecule has 0 saturated heterocycles. The highest BCUT2D eigenvalue weighted by molar-refractivity contribution is 6.17. The molecule has 0 atom stereocenters. The van der Waals surface area contributed by atoms with Gasteiger partial charge >= 0.3 is 5.97 Å². The van der Waals surface area contributed by atoms with Crippen molar-refractivity contribution in [3.05, 3.63) is 48.5 Å². The largest absolute Gasteiger partial charge is 0.426 e. The van der Waals surface area contributed by atoms with Crippen LogP contribution in [0.4, 0.5) is 5.69 Å². The van der Waals surface area contributed by atoms with Crippen molar-refractivity contribution < 1.29 is 14.3 Å². The molecule has 110 valence electrons. The Labute approximate surface area is 127 Å². The summed E-state index contributed by atoms with van der Waals surface area (Å²) in [7, 11) is 0. The summed E-state index contributed by atoms with van der Waals surface area (Å²) in [5, 5.41) is 6.56. The molecule has 3 rings (SSSR count). The third-order valence-corrected chi connectivity index (χ3v) is 3.43. The first kappa shape index (κ1) is 14.1. The third-order valence-electron chi connectivity index (χ3n) is 3.43. The molecule has 0 spiro atoms. The van der Waals surface area contributed by atoms with Crippen LogP contribution >= 0.6 is 0 Å². The number of ether oxygens (including phenoxy) is 1. The Hall–Kier alpha value is -2.88. The van der Waals surface area contributed by atoms with E-state index in [0.717, 1.165) is 21.5 Å². The second-order valence-electron chi connectivity index (χ2n) is 5.10. The number of nitrogens with one attached hydrogen (secondary N) is 1. The van der Waals surface area contributed by atoms with Gasteiger partial charge in [-0.3, -0.25) is 9.59 Å². The van der Waals surface area contributed by atoms with Crippen LogP contribution in [0.1, 0.15) is 13.8 Å². The normalized spacial score (nSPS) is 10.6. The highest BCUT2D eigenvalue weighted by Crippen LogP contribution is 2.37. The van der Waals surface area contributed by atoms with Gasteiger partial charge in [0.1, 0.15) is 5.75 Å². The molecule has 3 aromatic rings. The predicted molar refractivity (Wildman–Crippen MR) is 87.1 cm³/mol. The lowest BCUT2D eigenvalue weighted by atomic mass is 9.99. The lowest BCUT2D eigenvalue weighted by Gasteiger charge is -2.13. The minimum atomic E-state index is -0.373. The van der Waals surface area contributed by atoms with Crippen LogP contribution in [0.2, 0.25) is 0 Å². The standard InChI is InChI=1S/C18H15NO3/c1-11(20)19-16-9-10-17(22-12(2)21)15-8-7-13-5-3-4-6-14(13)18(15)16/h3-10H,1-2H3,(H,19,20). The number of esters is 1. The number of fused-ring (bicyclic) bond motifs is 3. The summed E-state index contributed by atoms with van der Waals surface area (Å²) >= 11 is 0. The molecule has 0 aromatic heterocycles. The van der Waals surface area contributed by atoms with Crippen molar-refractivity contribution >= 4 is 39.1 Å². The number of carbonyl (C=O) groups is 2. The number of benzene rings is 3. The van der Waals surface area contributed by atoms with Gasteiger partial charge in [-0.1, -0.05) is 30.3 Å². The summed E-state index contributed by atoms with van der Waals surface area (Å²) in [6, 6.07) is 15.2. The fraction of sp³-hybridized carbons (Fsp3) is 0.111. The van der Waals surface area contributed by atoms with Crippen molar-refractivity contribution in [2.45, 2.75) is 13.8 Å². The lowest BCUT2D eigenvalue weighted by molar-refractivity contribution is -0.131. The zero-order valence-electron chi connectivity index (χ0n) is 12.3. The number of rotatable bonds is 2. The van der Waals surface area contributed by atoms with Crippen LogP contribution in [0.25, 0.3) is 21.5 Å². The van der Waals surface area contributed by atoms with E-state index in [9.17, 15) is 9.59 Å². The number of hydrogen-bond donors (Lipinski definition) is 1. The summed E-state index contributed by atoms with van der Waals surface area (Å²) in [6.07, 6.45) is 0. The van der Waals surface area contributed by atoms with E-state index in [1.54, 1.807) is 12.1 Å². The molecule has 0 aliphatic heterocycles. The van der Waals surface area contributed by atoms with Gasteiger partial charge in [0, 0.05) is 30.3 Å². The van der Waals surface area contributed by atoms with Crippen molar-refractivity contribution in [3.63, 3.8) is 0 Å². The Morgan fingerprint density at radius 3 is 2.41 bits per heavy atom. The minimum Gasteiger partial charge on any atom is -0.426 e. The van der Waals surface area contributed by atoms with E-state index in [2.05, 4.69) is 5.32 Å². The molecule has 0 fully saturated rings. The van der Waals surface area contributed by atoms with Crippen LogP contribution in [0.15, 0.2) is 48.5 Å². The number of hydrogen-bond acceptors (Lipinski definition) is 3. The molecule has 0 saturated carbocycles. The summed E-state index contributed by atoms with van der Waals surface area (Å²) in [5.74, 6) is -0.0291. The van der Waals surface area contributed by atoms with Gasteiger partial charge in [0.15, 0.2) is 0 Å². The first-order valence-electron chi connectivity index (χ1n) is 6.97. The van der Waals surface area contributed by atoms with E-state index in [1.165, 1.54) is 13.8 Å². The number of anilines is 1. The molecular formula is C18H15NO3. The Kier molecular flexibility index (Phi) is 3.51. The van der Waals surface area contributed by atoms with E-state index < -0.39 is 0 Å². The Balaban J connectivity index is 2.38. The molecule has 0 unspecified atom stereocenters. The first-order chi connectivity index (χ1) is 10.6. The van der Waals surface area contributed by atoms with E-state index in [0.29, 0.717) is 11.4 Å². The average molecular weight is 293 g/mol.